The third kappa shape index (κ3) is 6.97. The number of esters is 1. The second-order valence-electron chi connectivity index (χ2n) is 8.25. The van der Waals surface area contributed by atoms with E-state index in [0.29, 0.717) is 19.4 Å². The van der Waals surface area contributed by atoms with Crippen molar-refractivity contribution in [3.8, 4) is 11.5 Å². The van der Waals surface area contributed by atoms with E-state index in [1.165, 1.54) is 42.3 Å². The predicted octanol–water partition coefficient (Wildman–Crippen LogP) is 4.37. The number of hydrogen-bond acceptors (Lipinski definition) is 5. The first-order valence-electron chi connectivity index (χ1n) is 11.2. The molecule has 0 bridgehead atoms. The average molecular weight is 492 g/mol. The van der Waals surface area contributed by atoms with Gasteiger partial charge in [0.05, 0.1) is 24.6 Å². The summed E-state index contributed by atoms with van der Waals surface area (Å²) in [6.07, 6.45) is -3.19. The maximum atomic E-state index is 12.9. The summed E-state index contributed by atoms with van der Waals surface area (Å²) < 4.78 is 49.4. The summed E-state index contributed by atoms with van der Waals surface area (Å²) in [7, 11) is 1.48. The Morgan fingerprint density at radius 1 is 1.09 bits per heavy atom. The van der Waals surface area contributed by atoms with Gasteiger partial charge in [-0.2, -0.15) is 13.2 Å². The van der Waals surface area contributed by atoms with E-state index in [0.717, 1.165) is 12.1 Å². The number of piperidine rings is 1. The monoisotopic (exact) mass is 492 g/mol. The molecule has 0 aromatic heterocycles. The molecule has 2 aromatic rings. The van der Waals surface area contributed by atoms with Gasteiger partial charge in [-0.3, -0.25) is 14.4 Å². The Balaban J connectivity index is 1.63. The maximum Gasteiger partial charge on any atom is 0.416 e. The number of carbonyl (C=O) groups excluding carboxylic acids is 3. The minimum atomic E-state index is -4.50. The van der Waals surface area contributed by atoms with Gasteiger partial charge in [-0.15, -0.1) is 0 Å². The van der Waals surface area contributed by atoms with E-state index in [2.05, 4.69) is 0 Å². The zero-order valence-corrected chi connectivity index (χ0v) is 19.5. The quantitative estimate of drug-likeness (QED) is 0.537. The normalized spacial score (nSPS) is 15.9. The lowest BCUT2D eigenvalue weighted by Gasteiger charge is -2.32. The Kier molecular flexibility index (Phi) is 8.37. The van der Waals surface area contributed by atoms with Crippen LogP contribution in [-0.4, -0.2) is 60.9 Å². The van der Waals surface area contributed by atoms with Crippen LogP contribution in [0.1, 0.15) is 35.7 Å². The minimum absolute atomic E-state index is 0.0193. The van der Waals surface area contributed by atoms with Crippen LogP contribution in [0, 0.1) is 5.92 Å². The van der Waals surface area contributed by atoms with Crippen LogP contribution in [0.25, 0.3) is 0 Å². The summed E-state index contributed by atoms with van der Waals surface area (Å²) in [5, 5.41) is 0. The van der Waals surface area contributed by atoms with Gasteiger partial charge in [-0.05, 0) is 56.2 Å². The number of benzene rings is 2. The van der Waals surface area contributed by atoms with Crippen molar-refractivity contribution < 1.29 is 37.0 Å². The maximum absolute atomic E-state index is 12.9. The number of likely N-dealkylation sites (tertiary alicyclic amines) is 1. The van der Waals surface area contributed by atoms with Crippen LogP contribution in [0.5, 0.6) is 11.5 Å². The van der Waals surface area contributed by atoms with Gasteiger partial charge >= 0.3 is 12.1 Å². The Hall–Kier alpha value is -3.56. The second-order valence-corrected chi connectivity index (χ2v) is 8.25. The minimum Gasteiger partial charge on any atom is -0.466 e. The third-order valence-corrected chi connectivity index (χ3v) is 5.59. The summed E-state index contributed by atoms with van der Waals surface area (Å²) >= 11 is 0. The SMILES string of the molecule is CCOC(=O)C1CCCN(C(=O)CN(C)C(=O)c2cccc(Oc3cccc(C(F)(F)F)c3)c2)C1. The molecule has 188 valence electrons. The summed E-state index contributed by atoms with van der Waals surface area (Å²) in [5.74, 6) is -1.28. The summed E-state index contributed by atoms with van der Waals surface area (Å²) in [6, 6.07) is 10.4. The van der Waals surface area contributed by atoms with Crippen molar-refractivity contribution in [3.63, 3.8) is 0 Å². The molecule has 35 heavy (non-hydrogen) atoms. The number of carbonyl (C=O) groups is 3. The highest BCUT2D eigenvalue weighted by Crippen LogP contribution is 2.33. The van der Waals surface area contributed by atoms with Crippen LogP contribution in [0.3, 0.4) is 0 Å². The molecule has 1 aliphatic rings. The molecule has 10 heteroatoms. The lowest BCUT2D eigenvalue weighted by molar-refractivity contribution is -0.151. The lowest BCUT2D eigenvalue weighted by Crippen LogP contribution is -2.47. The Morgan fingerprint density at radius 3 is 2.46 bits per heavy atom. The molecule has 2 aromatic carbocycles. The van der Waals surface area contributed by atoms with Crippen molar-refractivity contribution in [2.75, 3.05) is 33.3 Å². The van der Waals surface area contributed by atoms with Crippen molar-refractivity contribution in [1.29, 1.82) is 0 Å². The molecule has 1 unspecified atom stereocenters. The summed E-state index contributed by atoms with van der Waals surface area (Å²) in [5.41, 5.74) is -0.629. The number of halogens is 3. The second kappa shape index (κ2) is 11.2. The first-order valence-corrected chi connectivity index (χ1v) is 11.2. The molecule has 1 fully saturated rings. The van der Waals surface area contributed by atoms with E-state index in [1.54, 1.807) is 17.9 Å². The molecule has 7 nitrogen and oxygen atoms in total. The van der Waals surface area contributed by atoms with Crippen molar-refractivity contribution >= 4 is 17.8 Å². The van der Waals surface area contributed by atoms with Crippen LogP contribution in [0.2, 0.25) is 0 Å². The van der Waals surface area contributed by atoms with E-state index in [1.807, 2.05) is 0 Å². The van der Waals surface area contributed by atoms with Crippen LogP contribution in [0.15, 0.2) is 48.5 Å². The standard InChI is InChI=1S/C25H27F3N2O5/c1-3-34-24(33)18-8-6-12-30(15-18)22(31)16-29(2)23(32)17-7-4-10-20(13-17)35-21-11-5-9-19(14-21)25(26,27)28/h4-5,7,9-11,13-14,18H,3,6,8,12,15-16H2,1-2H3. The molecule has 0 N–H and O–H groups in total. The van der Waals surface area contributed by atoms with Gasteiger partial charge in [0.15, 0.2) is 0 Å². The molecule has 0 radical (unpaired) electrons. The molecule has 1 atom stereocenters. The zero-order valence-electron chi connectivity index (χ0n) is 19.5. The van der Waals surface area contributed by atoms with E-state index in [-0.39, 0.29) is 54.6 Å². The average Bonchev–Trinajstić information content (AvgIpc) is 2.83. The summed E-state index contributed by atoms with van der Waals surface area (Å²) in [6.45, 7) is 2.56. The van der Waals surface area contributed by atoms with Crippen LogP contribution in [-0.2, 0) is 20.5 Å². The van der Waals surface area contributed by atoms with Gasteiger partial charge in [0.2, 0.25) is 5.91 Å². The number of rotatable bonds is 7. The van der Waals surface area contributed by atoms with E-state index >= 15 is 0 Å². The highest BCUT2D eigenvalue weighted by Gasteiger charge is 2.31. The molecular formula is C25H27F3N2O5. The Morgan fingerprint density at radius 2 is 1.77 bits per heavy atom. The van der Waals surface area contributed by atoms with Crippen molar-refractivity contribution in [3.05, 3.63) is 59.7 Å². The van der Waals surface area contributed by atoms with Crippen LogP contribution in [0.4, 0.5) is 13.2 Å². The number of alkyl halides is 3. The molecule has 2 amide bonds. The fourth-order valence-electron chi connectivity index (χ4n) is 3.82. The van der Waals surface area contributed by atoms with Gasteiger partial charge in [0.1, 0.15) is 11.5 Å². The van der Waals surface area contributed by atoms with E-state index < -0.39 is 17.6 Å². The third-order valence-electron chi connectivity index (χ3n) is 5.59. The fraction of sp³-hybridized carbons (Fsp3) is 0.400. The highest BCUT2D eigenvalue weighted by atomic mass is 19.4. The number of amides is 2. The predicted molar refractivity (Wildman–Crippen MR) is 121 cm³/mol. The van der Waals surface area contributed by atoms with Crippen LogP contribution < -0.4 is 4.74 Å². The van der Waals surface area contributed by atoms with Gasteiger partial charge < -0.3 is 19.3 Å². The van der Waals surface area contributed by atoms with E-state index in [9.17, 15) is 27.6 Å². The van der Waals surface area contributed by atoms with Crippen LogP contribution >= 0.6 is 0 Å². The molecule has 1 saturated heterocycles. The largest absolute Gasteiger partial charge is 0.466 e. The smallest absolute Gasteiger partial charge is 0.416 e. The Bertz CT molecular complexity index is 1070. The Labute approximate surface area is 201 Å². The number of ether oxygens (including phenoxy) is 2. The highest BCUT2D eigenvalue weighted by molar-refractivity contribution is 5.96. The fourth-order valence-corrected chi connectivity index (χ4v) is 3.82. The molecule has 0 spiro atoms. The number of nitrogens with zero attached hydrogens (tertiary/aromatic N) is 2. The molecule has 1 aliphatic heterocycles. The van der Waals surface area contributed by atoms with Crippen molar-refractivity contribution in [2.45, 2.75) is 25.9 Å². The van der Waals surface area contributed by atoms with Gasteiger partial charge in [0, 0.05) is 25.7 Å². The lowest BCUT2D eigenvalue weighted by atomic mass is 9.98. The molecule has 3 rings (SSSR count). The van der Waals surface area contributed by atoms with Gasteiger partial charge in [-0.1, -0.05) is 12.1 Å². The molecule has 0 aliphatic carbocycles. The van der Waals surface area contributed by atoms with Gasteiger partial charge in [-0.25, -0.2) is 0 Å². The van der Waals surface area contributed by atoms with Gasteiger partial charge in [0.25, 0.3) is 5.91 Å². The van der Waals surface area contributed by atoms with Crippen molar-refractivity contribution in [1.82, 2.24) is 9.80 Å². The first kappa shape index (κ1) is 26.1. The first-order chi connectivity index (χ1) is 16.6. The zero-order chi connectivity index (χ0) is 25.6. The van der Waals surface area contributed by atoms with E-state index in [4.69, 9.17) is 9.47 Å². The number of likely N-dealkylation sites (N-methyl/N-ethyl adjacent to an activating group) is 1. The molecule has 0 saturated carbocycles. The summed E-state index contributed by atoms with van der Waals surface area (Å²) in [4.78, 5) is 40.5. The van der Waals surface area contributed by atoms with Crippen molar-refractivity contribution in [2.24, 2.45) is 5.92 Å². The topological polar surface area (TPSA) is 76.2 Å². The molecule has 1 heterocycles. The number of hydrogen-bond donors (Lipinski definition) is 0. The molecular weight excluding hydrogens is 465 g/mol.